The van der Waals surface area contributed by atoms with Crippen LogP contribution in [0.15, 0.2) is 36.5 Å². The van der Waals surface area contributed by atoms with Gasteiger partial charge in [-0.3, -0.25) is 4.98 Å². The molecule has 0 aliphatic heterocycles. The molecule has 24 heavy (non-hydrogen) atoms. The summed E-state index contributed by atoms with van der Waals surface area (Å²) < 4.78 is 14.3. The van der Waals surface area contributed by atoms with Gasteiger partial charge in [0.25, 0.3) is 0 Å². The first-order chi connectivity index (χ1) is 11.6. The van der Waals surface area contributed by atoms with E-state index in [2.05, 4.69) is 51.8 Å². The van der Waals surface area contributed by atoms with E-state index in [-0.39, 0.29) is 0 Å². The minimum Gasteiger partial charge on any atom is -0.380 e. The molecule has 4 nitrogen and oxygen atoms in total. The Labute approximate surface area is 146 Å². The fourth-order valence-electron chi connectivity index (χ4n) is 2.64. The summed E-state index contributed by atoms with van der Waals surface area (Å²) in [5.74, 6) is 0.339. The maximum absolute atomic E-state index is 5.33. The molecule has 2 aromatic heterocycles. The van der Waals surface area contributed by atoms with Crippen molar-refractivity contribution in [2.75, 3.05) is 7.11 Å². The van der Waals surface area contributed by atoms with Gasteiger partial charge in [-0.05, 0) is 48.2 Å². The van der Waals surface area contributed by atoms with Gasteiger partial charge < -0.3 is 4.74 Å². The topological polar surface area (TPSA) is 47.9 Å². The lowest BCUT2D eigenvalue weighted by atomic mass is 9.98. The number of hydrogen-bond acceptors (Lipinski definition) is 5. The molecule has 0 unspecified atom stereocenters. The van der Waals surface area contributed by atoms with Crippen LogP contribution in [0.3, 0.4) is 0 Å². The van der Waals surface area contributed by atoms with Gasteiger partial charge in [-0.2, -0.15) is 8.75 Å². The summed E-state index contributed by atoms with van der Waals surface area (Å²) in [7, 11) is 1.71. The molecule has 0 aliphatic rings. The standard InChI is InChI=1S/C19H21N3OS/c1-12(2)18-19(22-24-21-18)16-8-14(11-23-4)7-15(9-16)17-6-5-13(3)10-20-17/h5-10,12H,11H2,1-4H3. The van der Waals surface area contributed by atoms with E-state index in [1.807, 2.05) is 19.2 Å². The molecular weight excluding hydrogens is 318 g/mol. The highest BCUT2D eigenvalue weighted by Crippen LogP contribution is 2.31. The Morgan fingerprint density at radius 3 is 2.54 bits per heavy atom. The maximum atomic E-state index is 5.33. The first-order valence-corrected chi connectivity index (χ1v) is 8.70. The monoisotopic (exact) mass is 339 g/mol. The molecule has 5 heteroatoms. The van der Waals surface area contributed by atoms with Crippen LogP contribution in [0.2, 0.25) is 0 Å². The summed E-state index contributed by atoms with van der Waals surface area (Å²) in [6.45, 7) is 6.88. The van der Waals surface area contributed by atoms with Gasteiger partial charge in [0.05, 0.1) is 29.7 Å². The molecule has 0 bridgehead atoms. The lowest BCUT2D eigenvalue weighted by Crippen LogP contribution is -1.95. The number of pyridine rings is 1. The Bertz CT molecular complexity index is 825. The lowest BCUT2D eigenvalue weighted by molar-refractivity contribution is 0.185. The zero-order valence-corrected chi connectivity index (χ0v) is 15.2. The van der Waals surface area contributed by atoms with Crippen molar-refractivity contribution in [3.63, 3.8) is 0 Å². The van der Waals surface area contributed by atoms with Gasteiger partial charge in [0.2, 0.25) is 0 Å². The molecule has 124 valence electrons. The van der Waals surface area contributed by atoms with Crippen molar-refractivity contribution in [3.05, 3.63) is 53.3 Å². The summed E-state index contributed by atoms with van der Waals surface area (Å²) in [6.07, 6.45) is 1.89. The van der Waals surface area contributed by atoms with Crippen molar-refractivity contribution < 1.29 is 4.74 Å². The number of rotatable bonds is 5. The Hall–Kier alpha value is -2.11. The SMILES string of the molecule is COCc1cc(-c2ccc(C)cn2)cc(-c2nsnc2C(C)C)c1. The van der Waals surface area contributed by atoms with Gasteiger partial charge in [-0.25, -0.2) is 0 Å². The van der Waals surface area contributed by atoms with Crippen LogP contribution >= 0.6 is 11.7 Å². The van der Waals surface area contributed by atoms with Crippen molar-refractivity contribution in [3.8, 4) is 22.5 Å². The van der Waals surface area contributed by atoms with Crippen molar-refractivity contribution in [2.45, 2.75) is 33.3 Å². The van der Waals surface area contributed by atoms with Crippen LogP contribution in [0.25, 0.3) is 22.5 Å². The van der Waals surface area contributed by atoms with Crippen molar-refractivity contribution in [2.24, 2.45) is 0 Å². The van der Waals surface area contributed by atoms with Gasteiger partial charge in [0.15, 0.2) is 0 Å². The number of hydrogen-bond donors (Lipinski definition) is 0. The van der Waals surface area contributed by atoms with E-state index in [1.165, 1.54) is 11.7 Å². The van der Waals surface area contributed by atoms with Crippen molar-refractivity contribution in [1.29, 1.82) is 0 Å². The maximum Gasteiger partial charge on any atom is 0.108 e. The number of ether oxygens (including phenoxy) is 1. The summed E-state index contributed by atoms with van der Waals surface area (Å²) in [4.78, 5) is 4.56. The molecule has 0 atom stereocenters. The van der Waals surface area contributed by atoms with Crippen LogP contribution < -0.4 is 0 Å². The molecule has 2 heterocycles. The predicted molar refractivity (Wildman–Crippen MR) is 98.1 cm³/mol. The zero-order chi connectivity index (χ0) is 17.1. The average molecular weight is 339 g/mol. The average Bonchev–Trinajstić information content (AvgIpc) is 3.05. The largest absolute Gasteiger partial charge is 0.380 e. The van der Waals surface area contributed by atoms with E-state index in [1.54, 1.807) is 7.11 Å². The van der Waals surface area contributed by atoms with E-state index in [4.69, 9.17) is 4.74 Å². The quantitative estimate of drug-likeness (QED) is 0.667. The third-order valence-electron chi connectivity index (χ3n) is 3.85. The van der Waals surface area contributed by atoms with Crippen LogP contribution in [-0.2, 0) is 11.3 Å². The first-order valence-electron chi connectivity index (χ1n) is 7.97. The molecule has 3 rings (SSSR count). The Morgan fingerprint density at radius 2 is 1.88 bits per heavy atom. The van der Waals surface area contributed by atoms with E-state index < -0.39 is 0 Å². The number of benzene rings is 1. The third-order valence-corrected chi connectivity index (χ3v) is 4.39. The highest BCUT2D eigenvalue weighted by Gasteiger charge is 2.15. The summed E-state index contributed by atoms with van der Waals surface area (Å²) in [5, 5.41) is 0. The molecule has 0 radical (unpaired) electrons. The first kappa shape index (κ1) is 16.7. The predicted octanol–water partition coefficient (Wildman–Crippen LogP) is 4.85. The third kappa shape index (κ3) is 3.52. The zero-order valence-electron chi connectivity index (χ0n) is 14.4. The van der Waals surface area contributed by atoms with Crippen LogP contribution in [0.4, 0.5) is 0 Å². The number of aryl methyl sites for hydroxylation is 1. The highest BCUT2D eigenvalue weighted by atomic mass is 32.1. The molecular formula is C19H21N3OS. The van der Waals surface area contributed by atoms with Gasteiger partial charge in [0, 0.05) is 24.4 Å². The molecule has 0 saturated heterocycles. The number of methoxy groups -OCH3 is 1. The summed E-state index contributed by atoms with van der Waals surface area (Å²) >= 11 is 1.27. The van der Waals surface area contributed by atoms with E-state index in [0.29, 0.717) is 12.5 Å². The van der Waals surface area contributed by atoms with Crippen LogP contribution in [0.1, 0.15) is 36.6 Å². The fraction of sp³-hybridized carbons (Fsp3) is 0.316. The molecule has 0 spiro atoms. The second kappa shape index (κ2) is 7.20. The molecule has 3 aromatic rings. The Balaban J connectivity index is 2.12. The number of nitrogens with zero attached hydrogens (tertiary/aromatic N) is 3. The normalized spacial score (nSPS) is 11.2. The highest BCUT2D eigenvalue weighted by molar-refractivity contribution is 6.99. The summed E-state index contributed by atoms with van der Waals surface area (Å²) in [5.41, 5.74) is 7.35. The van der Waals surface area contributed by atoms with E-state index in [9.17, 15) is 0 Å². The van der Waals surface area contributed by atoms with Crippen LogP contribution in [-0.4, -0.2) is 20.8 Å². The minimum absolute atomic E-state index is 0.339. The molecule has 0 N–H and O–H groups in total. The number of aromatic nitrogens is 3. The van der Waals surface area contributed by atoms with Crippen molar-refractivity contribution >= 4 is 11.7 Å². The van der Waals surface area contributed by atoms with E-state index >= 15 is 0 Å². The Kier molecular flexibility index (Phi) is 5.02. The molecule has 0 aliphatic carbocycles. The van der Waals surface area contributed by atoms with Crippen molar-refractivity contribution in [1.82, 2.24) is 13.7 Å². The van der Waals surface area contributed by atoms with Crippen LogP contribution in [0.5, 0.6) is 0 Å². The fourth-order valence-corrected chi connectivity index (χ4v) is 3.35. The minimum atomic E-state index is 0.339. The van der Waals surface area contributed by atoms with Gasteiger partial charge in [-0.15, -0.1) is 0 Å². The smallest absolute Gasteiger partial charge is 0.108 e. The van der Waals surface area contributed by atoms with Gasteiger partial charge >= 0.3 is 0 Å². The van der Waals surface area contributed by atoms with Gasteiger partial charge in [-0.1, -0.05) is 19.9 Å². The molecule has 0 amide bonds. The Morgan fingerprint density at radius 1 is 1.08 bits per heavy atom. The van der Waals surface area contributed by atoms with Crippen LogP contribution in [0, 0.1) is 6.92 Å². The second-order valence-corrected chi connectivity index (χ2v) is 6.75. The molecule has 0 fully saturated rings. The van der Waals surface area contributed by atoms with E-state index in [0.717, 1.165) is 39.3 Å². The second-order valence-electron chi connectivity index (χ2n) is 6.23. The van der Waals surface area contributed by atoms with Gasteiger partial charge in [0.1, 0.15) is 5.69 Å². The molecule has 1 aromatic carbocycles. The lowest BCUT2D eigenvalue weighted by Gasteiger charge is -2.10. The summed E-state index contributed by atoms with van der Waals surface area (Å²) in [6, 6.07) is 10.5. The molecule has 0 saturated carbocycles.